The molecular weight excluding hydrogens is 210 g/mol. The molecule has 1 fully saturated rings. The first kappa shape index (κ1) is 12.5. The van der Waals surface area contributed by atoms with Gasteiger partial charge in [-0.05, 0) is 25.0 Å². The highest BCUT2D eigenvalue weighted by molar-refractivity contribution is 5.85. The lowest BCUT2D eigenvalue weighted by Crippen LogP contribution is -2.34. The Morgan fingerprint density at radius 1 is 1.33 bits per heavy atom. The lowest BCUT2D eigenvalue weighted by atomic mass is 9.99. The average Bonchev–Trinajstić information content (AvgIpc) is 2.23. The summed E-state index contributed by atoms with van der Waals surface area (Å²) in [4.78, 5) is 0. The number of hydrogen-bond acceptors (Lipinski definition) is 2. The molecule has 0 unspecified atom stereocenters. The summed E-state index contributed by atoms with van der Waals surface area (Å²) in [7, 11) is 0. The molecule has 0 aromatic heterocycles. The highest BCUT2D eigenvalue weighted by Gasteiger charge is 2.16. The second kappa shape index (κ2) is 5.50. The van der Waals surface area contributed by atoms with E-state index in [2.05, 4.69) is 37.4 Å². The smallest absolute Gasteiger partial charge is 0.0662 e. The largest absolute Gasteiger partial charge is 0.378 e. The molecule has 1 aliphatic heterocycles. The van der Waals surface area contributed by atoms with Crippen LogP contribution in [-0.2, 0) is 4.74 Å². The van der Waals surface area contributed by atoms with Crippen molar-refractivity contribution in [3.05, 3.63) is 34.9 Å². The van der Waals surface area contributed by atoms with Gasteiger partial charge in [0.25, 0.3) is 0 Å². The second-order valence-corrected chi connectivity index (χ2v) is 3.94. The van der Waals surface area contributed by atoms with Crippen LogP contribution < -0.4 is 5.32 Å². The van der Waals surface area contributed by atoms with Crippen LogP contribution in [0.3, 0.4) is 0 Å². The molecule has 1 saturated heterocycles. The van der Waals surface area contributed by atoms with Gasteiger partial charge in [0.15, 0.2) is 0 Å². The van der Waals surface area contributed by atoms with E-state index >= 15 is 0 Å². The third-order valence-corrected chi connectivity index (χ3v) is 2.73. The fourth-order valence-electron chi connectivity index (χ4n) is 1.90. The molecule has 0 amide bonds. The molecule has 1 N–H and O–H groups in total. The van der Waals surface area contributed by atoms with Crippen LogP contribution in [0.1, 0.15) is 22.7 Å². The lowest BCUT2D eigenvalue weighted by Gasteiger charge is -2.25. The van der Waals surface area contributed by atoms with Crippen molar-refractivity contribution in [1.29, 1.82) is 0 Å². The number of nitrogens with one attached hydrogen (secondary N) is 1. The summed E-state index contributed by atoms with van der Waals surface area (Å²) in [6.07, 6.45) is 0. The third kappa shape index (κ3) is 2.94. The summed E-state index contributed by atoms with van der Waals surface area (Å²) in [5.41, 5.74) is 4.04. The van der Waals surface area contributed by atoms with Gasteiger partial charge in [-0.1, -0.05) is 23.8 Å². The van der Waals surface area contributed by atoms with Gasteiger partial charge in [-0.15, -0.1) is 12.4 Å². The number of aryl methyl sites for hydroxylation is 2. The van der Waals surface area contributed by atoms with E-state index in [0.717, 1.165) is 19.8 Å². The van der Waals surface area contributed by atoms with E-state index in [1.165, 1.54) is 16.7 Å². The minimum atomic E-state index is 0. The molecule has 1 aliphatic rings. The van der Waals surface area contributed by atoms with Crippen molar-refractivity contribution in [2.24, 2.45) is 0 Å². The summed E-state index contributed by atoms with van der Waals surface area (Å²) < 4.78 is 5.47. The summed E-state index contributed by atoms with van der Waals surface area (Å²) >= 11 is 0. The van der Waals surface area contributed by atoms with Crippen molar-refractivity contribution in [1.82, 2.24) is 5.32 Å². The van der Waals surface area contributed by atoms with Gasteiger partial charge in [0.2, 0.25) is 0 Å². The van der Waals surface area contributed by atoms with E-state index in [-0.39, 0.29) is 12.4 Å². The zero-order valence-electron chi connectivity index (χ0n) is 9.25. The summed E-state index contributed by atoms with van der Waals surface area (Å²) in [5, 5.41) is 3.48. The zero-order chi connectivity index (χ0) is 9.97. The Morgan fingerprint density at radius 2 is 2.13 bits per heavy atom. The van der Waals surface area contributed by atoms with Gasteiger partial charge < -0.3 is 10.1 Å². The van der Waals surface area contributed by atoms with Crippen LogP contribution in [0.4, 0.5) is 0 Å². The molecule has 0 spiro atoms. The second-order valence-electron chi connectivity index (χ2n) is 3.94. The van der Waals surface area contributed by atoms with E-state index in [9.17, 15) is 0 Å². The first-order chi connectivity index (χ1) is 6.77. The van der Waals surface area contributed by atoms with Gasteiger partial charge in [-0.2, -0.15) is 0 Å². The molecule has 0 radical (unpaired) electrons. The van der Waals surface area contributed by atoms with Crippen LogP contribution in [0.15, 0.2) is 18.2 Å². The standard InChI is InChI=1S/C12H17NO.ClH/c1-9-3-4-10(2)11(7-9)12-8-14-6-5-13-12;/h3-4,7,12-13H,5-6,8H2,1-2H3;1H/t12-;/m1./s1. The van der Waals surface area contributed by atoms with Crippen LogP contribution in [0.25, 0.3) is 0 Å². The SMILES string of the molecule is Cc1ccc(C)c([C@H]2COCCN2)c1.Cl. The number of rotatable bonds is 1. The topological polar surface area (TPSA) is 21.3 Å². The monoisotopic (exact) mass is 227 g/mol. The fraction of sp³-hybridized carbons (Fsp3) is 0.500. The first-order valence-electron chi connectivity index (χ1n) is 5.15. The van der Waals surface area contributed by atoms with E-state index < -0.39 is 0 Å². The summed E-state index contributed by atoms with van der Waals surface area (Å²) in [5.74, 6) is 0. The number of benzene rings is 1. The molecule has 0 aliphatic carbocycles. The van der Waals surface area contributed by atoms with Crippen molar-refractivity contribution in [3.63, 3.8) is 0 Å². The van der Waals surface area contributed by atoms with Crippen LogP contribution >= 0.6 is 12.4 Å². The van der Waals surface area contributed by atoms with Crippen molar-refractivity contribution in [2.75, 3.05) is 19.8 Å². The van der Waals surface area contributed by atoms with Crippen molar-refractivity contribution >= 4 is 12.4 Å². The van der Waals surface area contributed by atoms with Crippen LogP contribution in [0, 0.1) is 13.8 Å². The van der Waals surface area contributed by atoms with E-state index in [1.54, 1.807) is 0 Å². The van der Waals surface area contributed by atoms with E-state index in [0.29, 0.717) is 6.04 Å². The Bertz CT molecular complexity index is 321. The molecule has 1 heterocycles. The lowest BCUT2D eigenvalue weighted by molar-refractivity contribution is 0.0767. The maximum atomic E-state index is 5.47. The van der Waals surface area contributed by atoms with E-state index in [1.807, 2.05) is 0 Å². The number of ether oxygens (including phenoxy) is 1. The Labute approximate surface area is 97.4 Å². The molecule has 1 aromatic rings. The number of hydrogen-bond donors (Lipinski definition) is 1. The third-order valence-electron chi connectivity index (χ3n) is 2.73. The van der Waals surface area contributed by atoms with Gasteiger partial charge in [-0.25, -0.2) is 0 Å². The highest BCUT2D eigenvalue weighted by Crippen LogP contribution is 2.20. The molecule has 2 rings (SSSR count). The predicted molar refractivity (Wildman–Crippen MR) is 64.7 cm³/mol. The maximum Gasteiger partial charge on any atom is 0.0662 e. The average molecular weight is 228 g/mol. The predicted octanol–water partition coefficient (Wildman–Crippen LogP) is 2.39. The van der Waals surface area contributed by atoms with E-state index in [4.69, 9.17) is 4.74 Å². The van der Waals surface area contributed by atoms with Crippen LogP contribution in [-0.4, -0.2) is 19.8 Å². The Hall–Kier alpha value is -0.570. The molecule has 1 atom stereocenters. The minimum absolute atomic E-state index is 0. The van der Waals surface area contributed by atoms with Crippen molar-refractivity contribution < 1.29 is 4.74 Å². The molecule has 2 nitrogen and oxygen atoms in total. The Kier molecular flexibility index (Phi) is 4.58. The van der Waals surface area contributed by atoms with Gasteiger partial charge in [0.1, 0.15) is 0 Å². The maximum absolute atomic E-state index is 5.47. The normalized spacial score (nSPS) is 20.8. The van der Waals surface area contributed by atoms with Gasteiger partial charge >= 0.3 is 0 Å². The van der Waals surface area contributed by atoms with Crippen LogP contribution in [0.2, 0.25) is 0 Å². The summed E-state index contributed by atoms with van der Waals surface area (Å²) in [6.45, 7) is 6.88. The Balaban J connectivity index is 0.00000112. The van der Waals surface area contributed by atoms with Crippen molar-refractivity contribution in [3.8, 4) is 0 Å². The van der Waals surface area contributed by atoms with Crippen molar-refractivity contribution in [2.45, 2.75) is 19.9 Å². The summed E-state index contributed by atoms with van der Waals surface area (Å²) in [6, 6.07) is 6.97. The van der Waals surface area contributed by atoms with Gasteiger partial charge in [0.05, 0.1) is 19.3 Å². The zero-order valence-corrected chi connectivity index (χ0v) is 10.1. The fourth-order valence-corrected chi connectivity index (χ4v) is 1.90. The number of morpholine rings is 1. The molecular formula is C12H18ClNO. The van der Waals surface area contributed by atoms with Gasteiger partial charge in [-0.3, -0.25) is 0 Å². The Morgan fingerprint density at radius 3 is 2.80 bits per heavy atom. The highest BCUT2D eigenvalue weighted by atomic mass is 35.5. The molecule has 1 aromatic carbocycles. The quantitative estimate of drug-likeness (QED) is 0.796. The molecule has 0 bridgehead atoms. The number of halogens is 1. The van der Waals surface area contributed by atoms with Gasteiger partial charge in [0, 0.05) is 6.54 Å². The minimum Gasteiger partial charge on any atom is -0.378 e. The van der Waals surface area contributed by atoms with Crippen LogP contribution in [0.5, 0.6) is 0 Å². The molecule has 15 heavy (non-hydrogen) atoms. The molecule has 3 heteroatoms. The molecule has 84 valence electrons. The molecule has 0 saturated carbocycles. The first-order valence-corrected chi connectivity index (χ1v) is 5.15.